The minimum Gasteiger partial charge on any atom is -0.376 e. The van der Waals surface area contributed by atoms with Gasteiger partial charge in [-0.05, 0) is 12.1 Å². The van der Waals surface area contributed by atoms with E-state index in [0.29, 0.717) is 17.9 Å². The number of fused-ring (bicyclic) bond motifs is 1. The second-order valence-electron chi connectivity index (χ2n) is 5.85. The standard InChI is InChI=1S/C17H20N6O2S/c1-23(2)14-11-16(22-20-12-14)18-9-10-21-26(24,25)15-7-3-5-13-6-4-8-19-17(13)15/h3-8,11-12,21H,9-10H2,1-2H3,(H,18,22). The summed E-state index contributed by atoms with van der Waals surface area (Å²) in [6.07, 6.45) is 3.24. The van der Waals surface area contributed by atoms with E-state index < -0.39 is 10.0 Å². The van der Waals surface area contributed by atoms with Crippen LogP contribution in [0.2, 0.25) is 0 Å². The molecule has 0 saturated carbocycles. The predicted molar refractivity (Wildman–Crippen MR) is 102 cm³/mol. The molecule has 2 heterocycles. The number of nitrogens with zero attached hydrogens (tertiary/aromatic N) is 4. The highest BCUT2D eigenvalue weighted by Gasteiger charge is 2.17. The second kappa shape index (κ2) is 7.63. The Hall–Kier alpha value is -2.78. The second-order valence-corrected chi connectivity index (χ2v) is 7.58. The molecule has 0 radical (unpaired) electrons. The van der Waals surface area contributed by atoms with E-state index in [1.165, 1.54) is 0 Å². The number of anilines is 2. The van der Waals surface area contributed by atoms with Crippen molar-refractivity contribution in [2.24, 2.45) is 0 Å². The van der Waals surface area contributed by atoms with E-state index in [1.807, 2.05) is 37.2 Å². The van der Waals surface area contributed by atoms with Crippen LogP contribution in [0.25, 0.3) is 10.9 Å². The lowest BCUT2D eigenvalue weighted by Gasteiger charge is -2.13. The number of para-hydroxylation sites is 1. The van der Waals surface area contributed by atoms with E-state index in [1.54, 1.807) is 30.6 Å². The minimum absolute atomic E-state index is 0.171. The number of nitrogens with one attached hydrogen (secondary N) is 2. The van der Waals surface area contributed by atoms with Crippen molar-refractivity contribution in [2.45, 2.75) is 4.90 Å². The fraction of sp³-hybridized carbons (Fsp3) is 0.235. The van der Waals surface area contributed by atoms with Gasteiger partial charge in [0, 0.05) is 44.8 Å². The van der Waals surface area contributed by atoms with Crippen molar-refractivity contribution in [2.75, 3.05) is 37.4 Å². The van der Waals surface area contributed by atoms with Crippen molar-refractivity contribution < 1.29 is 8.42 Å². The molecular formula is C17H20N6O2S. The highest BCUT2D eigenvalue weighted by molar-refractivity contribution is 7.89. The summed E-state index contributed by atoms with van der Waals surface area (Å²) in [5, 5.41) is 11.7. The van der Waals surface area contributed by atoms with E-state index in [-0.39, 0.29) is 11.4 Å². The summed E-state index contributed by atoms with van der Waals surface area (Å²) in [6.45, 7) is 0.586. The van der Waals surface area contributed by atoms with Crippen molar-refractivity contribution in [3.63, 3.8) is 0 Å². The molecule has 3 rings (SSSR count). The molecular weight excluding hydrogens is 352 g/mol. The van der Waals surface area contributed by atoms with Gasteiger partial charge in [-0.25, -0.2) is 13.1 Å². The minimum atomic E-state index is -3.66. The van der Waals surface area contributed by atoms with E-state index >= 15 is 0 Å². The Kier molecular flexibility index (Phi) is 5.29. The molecule has 0 saturated heterocycles. The zero-order chi connectivity index (χ0) is 18.6. The van der Waals surface area contributed by atoms with Crippen LogP contribution in [0, 0.1) is 0 Å². The number of rotatable bonds is 7. The van der Waals surface area contributed by atoms with Gasteiger partial charge in [-0.3, -0.25) is 4.98 Å². The van der Waals surface area contributed by atoms with Crippen LogP contribution in [0.15, 0.2) is 53.7 Å². The summed E-state index contributed by atoms with van der Waals surface area (Å²) in [7, 11) is 0.160. The highest BCUT2D eigenvalue weighted by atomic mass is 32.2. The lowest BCUT2D eigenvalue weighted by Crippen LogP contribution is -2.29. The molecule has 2 aromatic heterocycles. The third kappa shape index (κ3) is 4.06. The Balaban J connectivity index is 1.65. The molecule has 0 aliphatic carbocycles. The summed E-state index contributed by atoms with van der Waals surface area (Å²) in [5.74, 6) is 0.585. The molecule has 1 aromatic carbocycles. The van der Waals surface area contributed by atoms with Gasteiger partial charge in [0.05, 0.1) is 17.4 Å². The van der Waals surface area contributed by atoms with E-state index in [9.17, 15) is 8.42 Å². The van der Waals surface area contributed by atoms with Gasteiger partial charge in [-0.15, -0.1) is 5.10 Å². The first-order valence-electron chi connectivity index (χ1n) is 8.05. The SMILES string of the molecule is CN(C)c1cnnc(NCCNS(=O)(=O)c2cccc3cccnc23)c1. The monoisotopic (exact) mass is 372 g/mol. The quantitative estimate of drug-likeness (QED) is 0.606. The number of sulfonamides is 1. The molecule has 0 unspecified atom stereocenters. The van der Waals surface area contributed by atoms with Gasteiger partial charge in [0.15, 0.2) is 5.82 Å². The fourth-order valence-corrected chi connectivity index (χ4v) is 3.64. The number of aromatic nitrogens is 3. The third-order valence-electron chi connectivity index (χ3n) is 3.76. The molecule has 3 aromatic rings. The maximum Gasteiger partial charge on any atom is 0.242 e. The van der Waals surface area contributed by atoms with Gasteiger partial charge >= 0.3 is 0 Å². The first-order valence-corrected chi connectivity index (χ1v) is 9.53. The Morgan fingerprint density at radius 2 is 1.92 bits per heavy atom. The Morgan fingerprint density at radius 1 is 1.12 bits per heavy atom. The lowest BCUT2D eigenvalue weighted by molar-refractivity contribution is 0.583. The van der Waals surface area contributed by atoms with Gasteiger partial charge in [0.2, 0.25) is 10.0 Å². The molecule has 0 aliphatic heterocycles. The first kappa shape index (κ1) is 18.0. The predicted octanol–water partition coefficient (Wildman–Crippen LogP) is 1.48. The van der Waals surface area contributed by atoms with Crippen LogP contribution in [0.4, 0.5) is 11.5 Å². The molecule has 26 heavy (non-hydrogen) atoms. The molecule has 0 spiro atoms. The van der Waals surface area contributed by atoms with Gasteiger partial charge in [-0.2, -0.15) is 5.10 Å². The van der Waals surface area contributed by atoms with Gasteiger partial charge in [0.25, 0.3) is 0 Å². The lowest BCUT2D eigenvalue weighted by atomic mass is 10.2. The zero-order valence-corrected chi connectivity index (χ0v) is 15.4. The average Bonchev–Trinajstić information content (AvgIpc) is 2.65. The molecule has 0 bridgehead atoms. The van der Waals surface area contributed by atoms with Crippen LogP contribution in [-0.4, -0.2) is 50.8 Å². The number of hydrogen-bond acceptors (Lipinski definition) is 7. The van der Waals surface area contributed by atoms with E-state index in [4.69, 9.17) is 0 Å². The van der Waals surface area contributed by atoms with Gasteiger partial charge < -0.3 is 10.2 Å². The summed E-state index contributed by atoms with van der Waals surface area (Å²) in [6, 6.07) is 10.5. The summed E-state index contributed by atoms with van der Waals surface area (Å²) in [5.41, 5.74) is 1.37. The van der Waals surface area contributed by atoms with Crippen LogP contribution >= 0.6 is 0 Å². The third-order valence-corrected chi connectivity index (χ3v) is 5.26. The van der Waals surface area contributed by atoms with Crippen molar-refractivity contribution in [3.05, 3.63) is 48.8 Å². The summed E-state index contributed by atoms with van der Waals surface area (Å²) >= 11 is 0. The van der Waals surface area contributed by atoms with Gasteiger partial charge in [-0.1, -0.05) is 18.2 Å². The Bertz CT molecular complexity index is 1000. The van der Waals surface area contributed by atoms with E-state index in [0.717, 1.165) is 11.1 Å². The summed E-state index contributed by atoms with van der Waals surface area (Å²) < 4.78 is 27.8. The van der Waals surface area contributed by atoms with E-state index in [2.05, 4.69) is 25.2 Å². The molecule has 9 heteroatoms. The van der Waals surface area contributed by atoms with Crippen LogP contribution in [-0.2, 0) is 10.0 Å². The van der Waals surface area contributed by atoms with Crippen molar-refractivity contribution >= 4 is 32.4 Å². The molecule has 2 N–H and O–H groups in total. The molecule has 0 aliphatic rings. The Morgan fingerprint density at radius 3 is 2.73 bits per heavy atom. The average molecular weight is 372 g/mol. The normalized spacial score (nSPS) is 11.5. The molecule has 0 atom stereocenters. The Labute approximate surface area is 152 Å². The van der Waals surface area contributed by atoms with Crippen LogP contribution in [0.3, 0.4) is 0 Å². The largest absolute Gasteiger partial charge is 0.376 e. The van der Waals surface area contributed by atoms with Crippen LogP contribution in [0.1, 0.15) is 0 Å². The van der Waals surface area contributed by atoms with Crippen molar-refractivity contribution in [3.8, 4) is 0 Å². The van der Waals surface area contributed by atoms with Crippen LogP contribution < -0.4 is 14.9 Å². The van der Waals surface area contributed by atoms with Crippen molar-refractivity contribution in [1.82, 2.24) is 19.9 Å². The molecule has 0 amide bonds. The fourth-order valence-electron chi connectivity index (χ4n) is 2.43. The maximum absolute atomic E-state index is 12.6. The van der Waals surface area contributed by atoms with Crippen LogP contribution in [0.5, 0.6) is 0 Å². The van der Waals surface area contributed by atoms with Gasteiger partial charge in [0.1, 0.15) is 4.90 Å². The molecule has 8 nitrogen and oxygen atoms in total. The topological polar surface area (TPSA) is 100 Å². The number of hydrogen-bond donors (Lipinski definition) is 2. The zero-order valence-electron chi connectivity index (χ0n) is 14.5. The highest BCUT2D eigenvalue weighted by Crippen LogP contribution is 2.20. The summed E-state index contributed by atoms with van der Waals surface area (Å²) in [4.78, 5) is 6.28. The van der Waals surface area contributed by atoms with Crippen molar-refractivity contribution in [1.29, 1.82) is 0 Å². The molecule has 0 fully saturated rings. The number of pyridine rings is 1. The number of benzene rings is 1. The maximum atomic E-state index is 12.6. The smallest absolute Gasteiger partial charge is 0.242 e. The first-order chi connectivity index (χ1) is 12.5. The molecule has 136 valence electrons.